The number of carbonyl (C=O) groups is 1. The van der Waals surface area contributed by atoms with Gasteiger partial charge in [0.2, 0.25) is 5.91 Å². The summed E-state index contributed by atoms with van der Waals surface area (Å²) in [6.07, 6.45) is 0. The average Bonchev–Trinajstić information content (AvgIpc) is 2.79. The van der Waals surface area contributed by atoms with Crippen molar-refractivity contribution in [1.29, 1.82) is 0 Å². The summed E-state index contributed by atoms with van der Waals surface area (Å²) in [5.41, 5.74) is 1.77. The molecule has 0 spiro atoms. The van der Waals surface area contributed by atoms with E-state index in [1.807, 2.05) is 41.5 Å². The molecule has 0 aromatic carbocycles. The Morgan fingerprint density at radius 3 is 2.46 bits per heavy atom. The van der Waals surface area contributed by atoms with Gasteiger partial charge in [0.1, 0.15) is 12.3 Å². The lowest BCUT2D eigenvalue weighted by Crippen LogP contribution is -2.43. The van der Waals surface area contributed by atoms with Crippen molar-refractivity contribution in [2.24, 2.45) is 4.99 Å². The van der Waals surface area contributed by atoms with Crippen LogP contribution in [0.2, 0.25) is 0 Å². The normalized spacial score (nSPS) is 13.5. The number of amides is 1. The summed E-state index contributed by atoms with van der Waals surface area (Å²) in [5, 5.41) is 13.3. The molecule has 0 aliphatic carbocycles. The highest BCUT2D eigenvalue weighted by atomic mass is 16.5. The lowest BCUT2D eigenvalue weighted by atomic mass is 10.00. The fraction of sp³-hybridized carbons (Fsp3) is 0.706. The minimum atomic E-state index is -0.254. The van der Waals surface area contributed by atoms with E-state index in [-0.39, 0.29) is 23.9 Å². The molecule has 136 valence electrons. The number of nitrogens with one attached hydrogen (secondary N) is 3. The quantitative estimate of drug-likeness (QED) is 0.544. The molecule has 1 amide bonds. The summed E-state index contributed by atoms with van der Waals surface area (Å²) in [6.45, 7) is 15.3. The number of guanidine groups is 1. The third-order valence-electron chi connectivity index (χ3n) is 3.40. The molecule has 0 fully saturated rings. The van der Waals surface area contributed by atoms with Crippen molar-refractivity contribution >= 4 is 11.9 Å². The standard InChI is InChI=1S/C17H31N5O2/c1-8-18-16(20-10-14(23)21-17(5,6)7)19-9-11(2)15-12(3)22-24-13(15)4/h11H,8-10H2,1-7H3,(H,21,23)(H2,18,19,20). The van der Waals surface area contributed by atoms with E-state index < -0.39 is 0 Å². The van der Waals surface area contributed by atoms with E-state index in [0.29, 0.717) is 12.5 Å². The molecular formula is C17H31N5O2. The molecule has 7 nitrogen and oxygen atoms in total. The second kappa shape index (κ2) is 8.70. The monoisotopic (exact) mass is 337 g/mol. The van der Waals surface area contributed by atoms with E-state index in [4.69, 9.17) is 4.52 Å². The Morgan fingerprint density at radius 1 is 1.29 bits per heavy atom. The summed E-state index contributed by atoms with van der Waals surface area (Å²) >= 11 is 0. The summed E-state index contributed by atoms with van der Waals surface area (Å²) < 4.78 is 5.22. The van der Waals surface area contributed by atoms with Gasteiger partial charge in [0.05, 0.1) is 5.69 Å². The van der Waals surface area contributed by atoms with E-state index in [0.717, 1.165) is 23.6 Å². The van der Waals surface area contributed by atoms with Crippen molar-refractivity contribution in [3.05, 3.63) is 17.0 Å². The van der Waals surface area contributed by atoms with Crippen molar-refractivity contribution < 1.29 is 9.32 Å². The third-order valence-corrected chi connectivity index (χ3v) is 3.40. The van der Waals surface area contributed by atoms with Crippen molar-refractivity contribution in [2.75, 3.05) is 19.6 Å². The highest BCUT2D eigenvalue weighted by molar-refractivity contribution is 5.85. The number of aryl methyl sites for hydroxylation is 2. The number of hydrogen-bond donors (Lipinski definition) is 3. The predicted octanol–water partition coefficient (Wildman–Crippen LogP) is 1.86. The van der Waals surface area contributed by atoms with E-state index in [2.05, 4.69) is 33.0 Å². The van der Waals surface area contributed by atoms with E-state index in [1.54, 1.807) is 0 Å². The molecule has 0 radical (unpaired) electrons. The predicted molar refractivity (Wildman–Crippen MR) is 96.3 cm³/mol. The van der Waals surface area contributed by atoms with Crippen molar-refractivity contribution in [3.8, 4) is 0 Å². The molecule has 1 aromatic heterocycles. The second-order valence-corrected chi connectivity index (χ2v) is 7.01. The van der Waals surface area contributed by atoms with Crippen LogP contribution in [-0.2, 0) is 4.79 Å². The zero-order valence-corrected chi connectivity index (χ0v) is 15.9. The maximum absolute atomic E-state index is 11.9. The Morgan fingerprint density at radius 2 is 1.96 bits per heavy atom. The van der Waals surface area contributed by atoms with Crippen LogP contribution in [-0.4, -0.2) is 42.2 Å². The van der Waals surface area contributed by atoms with Gasteiger partial charge in [-0.25, -0.2) is 4.99 Å². The molecular weight excluding hydrogens is 306 g/mol. The van der Waals surface area contributed by atoms with Crippen LogP contribution in [0.15, 0.2) is 9.52 Å². The molecule has 0 bridgehead atoms. The van der Waals surface area contributed by atoms with E-state index >= 15 is 0 Å². The first-order valence-corrected chi connectivity index (χ1v) is 8.40. The van der Waals surface area contributed by atoms with Gasteiger partial charge in [0.25, 0.3) is 0 Å². The van der Waals surface area contributed by atoms with Gasteiger partial charge in [-0.3, -0.25) is 4.79 Å². The van der Waals surface area contributed by atoms with E-state index in [1.165, 1.54) is 0 Å². The van der Waals surface area contributed by atoms with Gasteiger partial charge in [-0.05, 0) is 41.5 Å². The molecule has 0 saturated heterocycles. The number of aliphatic imine (C=N–C) groups is 1. The van der Waals surface area contributed by atoms with Crippen molar-refractivity contribution in [2.45, 2.75) is 59.9 Å². The lowest BCUT2D eigenvalue weighted by molar-refractivity contribution is -0.121. The van der Waals surface area contributed by atoms with Crippen LogP contribution >= 0.6 is 0 Å². The average molecular weight is 337 g/mol. The molecule has 1 aromatic rings. The largest absolute Gasteiger partial charge is 0.361 e. The summed E-state index contributed by atoms with van der Waals surface area (Å²) in [5.74, 6) is 1.59. The van der Waals surface area contributed by atoms with Crippen molar-refractivity contribution in [1.82, 2.24) is 21.1 Å². The van der Waals surface area contributed by atoms with Crippen molar-refractivity contribution in [3.63, 3.8) is 0 Å². The zero-order chi connectivity index (χ0) is 18.3. The van der Waals surface area contributed by atoms with Gasteiger partial charge in [-0.1, -0.05) is 12.1 Å². The lowest BCUT2D eigenvalue weighted by Gasteiger charge is -2.20. The Labute approximate surface area is 144 Å². The molecule has 3 N–H and O–H groups in total. The minimum absolute atomic E-state index is 0.0896. The molecule has 0 aliphatic rings. The molecule has 1 heterocycles. The van der Waals surface area contributed by atoms with Crippen LogP contribution in [0, 0.1) is 13.8 Å². The topological polar surface area (TPSA) is 91.5 Å². The van der Waals surface area contributed by atoms with Crippen LogP contribution in [0.25, 0.3) is 0 Å². The van der Waals surface area contributed by atoms with Crippen LogP contribution in [0.5, 0.6) is 0 Å². The molecule has 1 unspecified atom stereocenters. The van der Waals surface area contributed by atoms with Gasteiger partial charge < -0.3 is 20.5 Å². The van der Waals surface area contributed by atoms with Crippen LogP contribution in [0.1, 0.15) is 57.6 Å². The summed E-state index contributed by atoms with van der Waals surface area (Å²) in [4.78, 5) is 16.2. The Kier molecular flexibility index (Phi) is 7.25. The molecule has 0 saturated carbocycles. The van der Waals surface area contributed by atoms with E-state index in [9.17, 15) is 4.79 Å². The fourth-order valence-electron chi connectivity index (χ4n) is 2.50. The number of hydrogen-bond acceptors (Lipinski definition) is 4. The second-order valence-electron chi connectivity index (χ2n) is 7.01. The van der Waals surface area contributed by atoms with Gasteiger partial charge in [-0.15, -0.1) is 0 Å². The van der Waals surface area contributed by atoms with Crippen LogP contribution < -0.4 is 16.0 Å². The summed E-state index contributed by atoms with van der Waals surface area (Å²) in [7, 11) is 0. The highest BCUT2D eigenvalue weighted by Crippen LogP contribution is 2.22. The fourth-order valence-corrected chi connectivity index (χ4v) is 2.50. The van der Waals surface area contributed by atoms with Gasteiger partial charge in [-0.2, -0.15) is 0 Å². The Balaban J connectivity index is 2.62. The number of aromatic nitrogens is 1. The van der Waals surface area contributed by atoms with Crippen LogP contribution in [0.3, 0.4) is 0 Å². The first-order valence-electron chi connectivity index (χ1n) is 8.40. The first kappa shape index (κ1) is 20.0. The molecule has 24 heavy (non-hydrogen) atoms. The molecule has 0 aliphatic heterocycles. The number of carbonyl (C=O) groups excluding carboxylic acids is 1. The Hall–Kier alpha value is -2.05. The number of rotatable bonds is 6. The maximum Gasteiger partial charge on any atom is 0.242 e. The molecule has 1 atom stereocenters. The van der Waals surface area contributed by atoms with Gasteiger partial charge >= 0.3 is 0 Å². The minimum Gasteiger partial charge on any atom is -0.361 e. The molecule has 7 heteroatoms. The SMILES string of the molecule is CCNC(=NCC(=O)NC(C)(C)C)NCC(C)c1c(C)noc1C. The third kappa shape index (κ3) is 6.60. The highest BCUT2D eigenvalue weighted by Gasteiger charge is 2.17. The van der Waals surface area contributed by atoms with Gasteiger partial charge in [0, 0.05) is 30.1 Å². The number of nitrogens with zero attached hydrogens (tertiary/aromatic N) is 2. The zero-order valence-electron chi connectivity index (χ0n) is 15.9. The van der Waals surface area contributed by atoms with Gasteiger partial charge in [0.15, 0.2) is 5.96 Å². The molecule has 1 rings (SSSR count). The Bertz CT molecular complexity index is 553. The van der Waals surface area contributed by atoms with Crippen LogP contribution in [0.4, 0.5) is 0 Å². The smallest absolute Gasteiger partial charge is 0.242 e. The summed E-state index contributed by atoms with van der Waals surface area (Å²) in [6, 6.07) is 0. The first-order chi connectivity index (χ1) is 11.1. The maximum atomic E-state index is 11.9.